The van der Waals surface area contributed by atoms with Gasteiger partial charge in [0.2, 0.25) is 0 Å². The van der Waals surface area contributed by atoms with Crippen LogP contribution in [0, 0.1) is 5.82 Å². The Morgan fingerprint density at radius 1 is 1.20 bits per heavy atom. The van der Waals surface area contributed by atoms with Gasteiger partial charge in [-0.3, -0.25) is 4.90 Å². The summed E-state index contributed by atoms with van der Waals surface area (Å²) in [6.45, 7) is 1.44. The fraction of sp³-hybridized carbons (Fsp3) is 0.500. The molecule has 0 bridgehead atoms. The van der Waals surface area contributed by atoms with Gasteiger partial charge in [0.05, 0.1) is 11.5 Å². The Balaban J connectivity index is 2.10. The second kappa shape index (κ2) is 6.21. The third-order valence-corrected chi connectivity index (χ3v) is 5.05. The third-order valence-electron chi connectivity index (χ3n) is 3.33. The van der Waals surface area contributed by atoms with Crippen LogP contribution in [0.2, 0.25) is 0 Å². The average molecular weight is 301 g/mol. The fourth-order valence-electron chi connectivity index (χ4n) is 2.32. The molecule has 20 heavy (non-hydrogen) atoms. The predicted octanol–water partition coefficient (Wildman–Crippen LogP) is -0.874. The Labute approximate surface area is 118 Å². The van der Waals surface area contributed by atoms with E-state index < -0.39 is 22.8 Å². The number of nitrogens with zero attached hydrogens (tertiary/aromatic N) is 1. The van der Waals surface area contributed by atoms with Gasteiger partial charge < -0.3 is 10.0 Å². The fourth-order valence-corrected chi connectivity index (χ4v) is 3.63. The zero-order valence-corrected chi connectivity index (χ0v) is 11.8. The zero-order valence-electron chi connectivity index (χ0n) is 11.0. The molecule has 0 aliphatic carbocycles. The van der Waals surface area contributed by atoms with Crippen LogP contribution >= 0.6 is 0 Å². The Morgan fingerprint density at radius 2 is 1.95 bits per heavy atom. The molecule has 0 saturated carbocycles. The second-order valence-electron chi connectivity index (χ2n) is 5.05. The van der Waals surface area contributed by atoms with Gasteiger partial charge in [0.1, 0.15) is 5.82 Å². The van der Waals surface area contributed by atoms with Crippen LogP contribution in [-0.2, 0) is 16.4 Å². The smallest absolute Gasteiger partial charge is 0.423 e. The Bertz CT molecular complexity index is 579. The number of halogens is 1. The molecule has 110 valence electrons. The molecule has 0 radical (unpaired) electrons. The number of hydrogen-bond acceptors (Lipinski definition) is 5. The largest absolute Gasteiger partial charge is 0.488 e. The highest BCUT2D eigenvalue weighted by molar-refractivity contribution is 7.91. The Hall–Kier alpha value is -0.955. The summed E-state index contributed by atoms with van der Waals surface area (Å²) < 4.78 is 36.4. The first-order chi connectivity index (χ1) is 9.35. The molecule has 0 spiro atoms. The van der Waals surface area contributed by atoms with Crippen molar-refractivity contribution in [2.24, 2.45) is 0 Å². The van der Waals surface area contributed by atoms with E-state index in [9.17, 15) is 12.8 Å². The van der Waals surface area contributed by atoms with E-state index in [1.165, 1.54) is 12.1 Å². The van der Waals surface area contributed by atoms with Crippen LogP contribution < -0.4 is 5.46 Å². The van der Waals surface area contributed by atoms with Gasteiger partial charge in [-0.2, -0.15) is 0 Å². The maximum atomic E-state index is 13.4. The summed E-state index contributed by atoms with van der Waals surface area (Å²) in [7, 11) is -4.68. The van der Waals surface area contributed by atoms with E-state index >= 15 is 0 Å². The highest BCUT2D eigenvalue weighted by Gasteiger charge is 2.20. The lowest BCUT2D eigenvalue weighted by Gasteiger charge is -2.19. The first-order valence-corrected chi connectivity index (χ1v) is 8.26. The van der Waals surface area contributed by atoms with Crippen LogP contribution in [0.4, 0.5) is 4.39 Å². The lowest BCUT2D eigenvalue weighted by Crippen LogP contribution is -2.32. The van der Waals surface area contributed by atoms with Crippen molar-refractivity contribution in [2.75, 3.05) is 24.6 Å². The summed E-state index contributed by atoms with van der Waals surface area (Å²) in [5.41, 5.74) is 0.704. The lowest BCUT2D eigenvalue weighted by molar-refractivity contribution is 0.287. The maximum Gasteiger partial charge on any atom is 0.488 e. The van der Waals surface area contributed by atoms with E-state index in [4.69, 9.17) is 10.0 Å². The van der Waals surface area contributed by atoms with Crippen molar-refractivity contribution in [3.63, 3.8) is 0 Å². The summed E-state index contributed by atoms with van der Waals surface area (Å²) >= 11 is 0. The first kappa shape index (κ1) is 15.4. The molecule has 0 aromatic heterocycles. The predicted molar refractivity (Wildman–Crippen MR) is 74.8 cm³/mol. The molecule has 0 unspecified atom stereocenters. The van der Waals surface area contributed by atoms with E-state index in [0.29, 0.717) is 31.6 Å². The topological polar surface area (TPSA) is 77.8 Å². The van der Waals surface area contributed by atoms with Crippen molar-refractivity contribution >= 4 is 22.4 Å². The molecule has 5 nitrogen and oxygen atoms in total. The minimum absolute atomic E-state index is 0.0995. The van der Waals surface area contributed by atoms with Gasteiger partial charge in [0.15, 0.2) is 9.84 Å². The van der Waals surface area contributed by atoms with Gasteiger partial charge in [-0.25, -0.2) is 12.8 Å². The van der Waals surface area contributed by atoms with E-state index in [1.807, 2.05) is 4.90 Å². The summed E-state index contributed by atoms with van der Waals surface area (Å²) in [5, 5.41) is 18.2. The van der Waals surface area contributed by atoms with Crippen molar-refractivity contribution in [1.82, 2.24) is 4.90 Å². The van der Waals surface area contributed by atoms with Crippen LogP contribution in [-0.4, -0.2) is 55.1 Å². The molecule has 1 fully saturated rings. The number of benzene rings is 1. The standard InChI is InChI=1S/C12H17BFNO4S/c14-12-7-10(6-11(8-12)13(16)17)9-15-2-1-4-20(18,19)5-3-15/h6-8,16-17H,1-5,9H2. The quantitative estimate of drug-likeness (QED) is 0.710. The van der Waals surface area contributed by atoms with E-state index in [1.54, 1.807) is 0 Å². The molecule has 1 aliphatic heterocycles. The van der Waals surface area contributed by atoms with Crippen LogP contribution in [0.15, 0.2) is 18.2 Å². The van der Waals surface area contributed by atoms with Crippen LogP contribution in [0.25, 0.3) is 0 Å². The molecule has 2 N–H and O–H groups in total. The molecule has 2 rings (SSSR count). The number of sulfone groups is 1. The number of rotatable bonds is 3. The van der Waals surface area contributed by atoms with Crippen LogP contribution in [0.3, 0.4) is 0 Å². The molecule has 1 saturated heterocycles. The van der Waals surface area contributed by atoms with E-state index in [0.717, 1.165) is 6.07 Å². The lowest BCUT2D eigenvalue weighted by atomic mass is 9.79. The molecular formula is C12H17BFNO4S. The van der Waals surface area contributed by atoms with Crippen molar-refractivity contribution in [3.8, 4) is 0 Å². The van der Waals surface area contributed by atoms with Gasteiger partial charge in [0, 0.05) is 13.1 Å². The minimum Gasteiger partial charge on any atom is -0.423 e. The summed E-state index contributed by atoms with van der Waals surface area (Å²) in [5.74, 6) is -0.238. The number of hydrogen-bond donors (Lipinski definition) is 2. The van der Waals surface area contributed by atoms with Crippen LogP contribution in [0.1, 0.15) is 12.0 Å². The Kier molecular flexibility index (Phi) is 4.80. The summed E-state index contributed by atoms with van der Waals surface area (Å²) in [6, 6.07) is 3.92. The second-order valence-corrected chi connectivity index (χ2v) is 7.35. The third kappa shape index (κ3) is 4.27. The van der Waals surface area contributed by atoms with Crippen molar-refractivity contribution in [2.45, 2.75) is 13.0 Å². The summed E-state index contributed by atoms with van der Waals surface area (Å²) in [6.07, 6.45) is 0.563. The van der Waals surface area contributed by atoms with Gasteiger partial charge in [0.25, 0.3) is 0 Å². The van der Waals surface area contributed by atoms with Gasteiger partial charge >= 0.3 is 7.12 Å². The first-order valence-electron chi connectivity index (χ1n) is 6.44. The monoisotopic (exact) mass is 301 g/mol. The molecule has 1 heterocycles. The minimum atomic E-state index is -2.97. The normalized spacial score (nSPS) is 19.6. The molecule has 0 atom stereocenters. The molecule has 8 heteroatoms. The molecule has 0 amide bonds. The van der Waals surface area contributed by atoms with Gasteiger partial charge in [-0.1, -0.05) is 6.07 Å². The van der Waals surface area contributed by atoms with Gasteiger partial charge in [-0.15, -0.1) is 0 Å². The van der Waals surface area contributed by atoms with Gasteiger partial charge in [-0.05, 0) is 36.1 Å². The van der Waals surface area contributed by atoms with E-state index in [2.05, 4.69) is 0 Å². The average Bonchev–Trinajstić information content (AvgIpc) is 2.50. The van der Waals surface area contributed by atoms with Crippen molar-refractivity contribution in [3.05, 3.63) is 29.6 Å². The maximum absolute atomic E-state index is 13.4. The molecule has 1 aliphatic rings. The molecule has 1 aromatic carbocycles. The van der Waals surface area contributed by atoms with Crippen molar-refractivity contribution in [1.29, 1.82) is 0 Å². The highest BCUT2D eigenvalue weighted by atomic mass is 32.2. The highest BCUT2D eigenvalue weighted by Crippen LogP contribution is 2.11. The summed E-state index contributed by atoms with van der Waals surface area (Å²) in [4.78, 5) is 1.94. The van der Waals surface area contributed by atoms with E-state index in [-0.39, 0.29) is 17.0 Å². The zero-order chi connectivity index (χ0) is 14.8. The Morgan fingerprint density at radius 3 is 2.65 bits per heavy atom. The van der Waals surface area contributed by atoms with Crippen LogP contribution in [0.5, 0.6) is 0 Å². The molecule has 1 aromatic rings. The molecular weight excluding hydrogens is 284 g/mol. The van der Waals surface area contributed by atoms with Crippen molar-refractivity contribution < 1.29 is 22.9 Å². The SMILES string of the molecule is O=S1(=O)CCCN(Cc2cc(F)cc(B(O)O)c2)CC1.